The Morgan fingerprint density at radius 2 is 1.90 bits per heavy atom. The number of carbonyl (C=O) groups excluding carboxylic acids is 2. The number of halogens is 1. The number of hydrogen-bond donors (Lipinski definition) is 2. The maximum Gasteiger partial charge on any atom is 0.271 e. The van der Waals surface area contributed by atoms with E-state index < -0.39 is 5.91 Å². The summed E-state index contributed by atoms with van der Waals surface area (Å²) in [6, 6.07) is 10.3. The van der Waals surface area contributed by atoms with Gasteiger partial charge in [0.1, 0.15) is 0 Å². The van der Waals surface area contributed by atoms with E-state index >= 15 is 0 Å². The van der Waals surface area contributed by atoms with Crippen molar-refractivity contribution >= 4 is 23.4 Å². The molecule has 1 aromatic heterocycles. The standard InChI is InChI=1S/C15H14ClN3O2/c16-13-6-2-1-5-12(13)15(21)19-18-14(20)8-7-11-4-3-9-17-10-11/h1-6,9-10H,7-8H2,(H,18,20)(H,19,21). The van der Waals surface area contributed by atoms with Gasteiger partial charge in [-0.3, -0.25) is 25.4 Å². The van der Waals surface area contributed by atoms with E-state index in [-0.39, 0.29) is 12.3 Å². The third-order valence-electron chi connectivity index (χ3n) is 2.80. The molecule has 0 saturated carbocycles. The molecule has 0 radical (unpaired) electrons. The van der Waals surface area contributed by atoms with Crippen molar-refractivity contribution in [3.8, 4) is 0 Å². The molecule has 5 nitrogen and oxygen atoms in total. The number of pyridine rings is 1. The van der Waals surface area contributed by atoms with Gasteiger partial charge in [0.25, 0.3) is 5.91 Å². The molecule has 0 bridgehead atoms. The molecule has 0 atom stereocenters. The quantitative estimate of drug-likeness (QED) is 0.850. The third kappa shape index (κ3) is 4.57. The molecule has 1 heterocycles. The molecule has 0 aliphatic heterocycles. The molecule has 21 heavy (non-hydrogen) atoms. The Bertz CT molecular complexity index is 632. The SMILES string of the molecule is O=C(CCc1cccnc1)NNC(=O)c1ccccc1Cl. The Balaban J connectivity index is 1.79. The van der Waals surface area contributed by atoms with Crippen LogP contribution in [0.1, 0.15) is 22.3 Å². The Morgan fingerprint density at radius 1 is 1.10 bits per heavy atom. The van der Waals surface area contributed by atoms with Crippen molar-refractivity contribution < 1.29 is 9.59 Å². The molecule has 2 rings (SSSR count). The summed E-state index contributed by atoms with van der Waals surface area (Å²) in [6.45, 7) is 0. The van der Waals surface area contributed by atoms with E-state index in [1.807, 2.05) is 12.1 Å². The predicted molar refractivity (Wildman–Crippen MR) is 79.6 cm³/mol. The number of aromatic nitrogens is 1. The van der Waals surface area contributed by atoms with Crippen LogP contribution in [0.15, 0.2) is 48.8 Å². The minimum Gasteiger partial charge on any atom is -0.273 e. The van der Waals surface area contributed by atoms with Gasteiger partial charge in [-0.25, -0.2) is 0 Å². The lowest BCUT2D eigenvalue weighted by Gasteiger charge is -2.08. The van der Waals surface area contributed by atoms with Crippen molar-refractivity contribution in [2.75, 3.05) is 0 Å². The van der Waals surface area contributed by atoms with Crippen LogP contribution in [0, 0.1) is 0 Å². The lowest BCUT2D eigenvalue weighted by molar-refractivity contribution is -0.121. The zero-order valence-electron chi connectivity index (χ0n) is 11.2. The van der Waals surface area contributed by atoms with Crippen LogP contribution >= 0.6 is 11.6 Å². The fraction of sp³-hybridized carbons (Fsp3) is 0.133. The molecule has 0 aliphatic rings. The Kier molecular flexibility index (Phi) is 5.29. The van der Waals surface area contributed by atoms with Crippen molar-refractivity contribution in [3.63, 3.8) is 0 Å². The van der Waals surface area contributed by atoms with E-state index in [0.717, 1.165) is 5.56 Å². The van der Waals surface area contributed by atoms with E-state index in [0.29, 0.717) is 17.0 Å². The number of nitrogens with zero attached hydrogens (tertiary/aromatic N) is 1. The molecule has 1 aromatic carbocycles. The smallest absolute Gasteiger partial charge is 0.271 e. The van der Waals surface area contributed by atoms with Gasteiger partial charge in [0, 0.05) is 18.8 Å². The van der Waals surface area contributed by atoms with Gasteiger partial charge in [0.05, 0.1) is 10.6 Å². The molecule has 0 fully saturated rings. The number of nitrogens with one attached hydrogen (secondary N) is 2. The van der Waals surface area contributed by atoms with Crippen LogP contribution in [0.2, 0.25) is 5.02 Å². The summed E-state index contributed by atoms with van der Waals surface area (Å²) in [5, 5.41) is 0.333. The largest absolute Gasteiger partial charge is 0.273 e. The number of benzene rings is 1. The fourth-order valence-electron chi connectivity index (χ4n) is 1.71. The second-order valence-corrected chi connectivity index (χ2v) is 4.75. The molecule has 0 spiro atoms. The number of rotatable bonds is 4. The number of hydrogen-bond acceptors (Lipinski definition) is 3. The lowest BCUT2D eigenvalue weighted by Crippen LogP contribution is -2.41. The summed E-state index contributed by atoms with van der Waals surface area (Å²) in [4.78, 5) is 27.5. The molecule has 2 amide bonds. The summed E-state index contributed by atoms with van der Waals surface area (Å²) in [7, 11) is 0. The average molecular weight is 304 g/mol. The highest BCUT2D eigenvalue weighted by molar-refractivity contribution is 6.33. The Hall–Kier alpha value is -2.40. The molecule has 0 aliphatic carbocycles. The highest BCUT2D eigenvalue weighted by atomic mass is 35.5. The van der Waals surface area contributed by atoms with Gasteiger partial charge >= 0.3 is 0 Å². The van der Waals surface area contributed by atoms with E-state index in [1.54, 1.807) is 36.7 Å². The maximum absolute atomic E-state index is 11.8. The first-order valence-electron chi connectivity index (χ1n) is 6.39. The monoisotopic (exact) mass is 303 g/mol. The van der Waals surface area contributed by atoms with Gasteiger partial charge in [-0.1, -0.05) is 29.8 Å². The van der Waals surface area contributed by atoms with Crippen LogP contribution in [0.25, 0.3) is 0 Å². The van der Waals surface area contributed by atoms with Crippen molar-refractivity contribution in [3.05, 3.63) is 64.9 Å². The number of aryl methyl sites for hydroxylation is 1. The molecule has 0 saturated heterocycles. The van der Waals surface area contributed by atoms with Crippen LogP contribution in [0.5, 0.6) is 0 Å². The second kappa shape index (κ2) is 7.40. The summed E-state index contributed by atoms with van der Waals surface area (Å²) in [5.41, 5.74) is 5.97. The van der Waals surface area contributed by atoms with Gasteiger partial charge in [0.15, 0.2) is 0 Å². The highest BCUT2D eigenvalue weighted by Gasteiger charge is 2.10. The maximum atomic E-state index is 11.8. The third-order valence-corrected chi connectivity index (χ3v) is 3.13. The van der Waals surface area contributed by atoms with Gasteiger partial charge in [0.2, 0.25) is 5.91 Å². The van der Waals surface area contributed by atoms with Crippen molar-refractivity contribution in [2.45, 2.75) is 12.8 Å². The van der Waals surface area contributed by atoms with E-state index in [1.165, 1.54) is 0 Å². The molecule has 108 valence electrons. The molecule has 2 N–H and O–H groups in total. The van der Waals surface area contributed by atoms with E-state index in [4.69, 9.17) is 11.6 Å². The molecular formula is C15H14ClN3O2. The normalized spacial score (nSPS) is 9.95. The predicted octanol–water partition coefficient (Wildman–Crippen LogP) is 2.13. The Labute approximate surface area is 127 Å². The Morgan fingerprint density at radius 3 is 2.62 bits per heavy atom. The van der Waals surface area contributed by atoms with Crippen molar-refractivity contribution in [2.24, 2.45) is 0 Å². The first-order chi connectivity index (χ1) is 10.2. The van der Waals surface area contributed by atoms with Crippen LogP contribution in [-0.2, 0) is 11.2 Å². The van der Waals surface area contributed by atoms with Crippen LogP contribution in [0.3, 0.4) is 0 Å². The molecule has 6 heteroatoms. The molecule has 2 aromatic rings. The number of amides is 2. The first-order valence-corrected chi connectivity index (χ1v) is 6.77. The second-order valence-electron chi connectivity index (χ2n) is 4.34. The fourth-order valence-corrected chi connectivity index (χ4v) is 1.93. The first kappa shape index (κ1) is 15.0. The minimum absolute atomic E-state index is 0.258. The van der Waals surface area contributed by atoms with Crippen molar-refractivity contribution in [1.82, 2.24) is 15.8 Å². The molecular weight excluding hydrogens is 290 g/mol. The van der Waals surface area contributed by atoms with E-state index in [9.17, 15) is 9.59 Å². The zero-order chi connectivity index (χ0) is 15.1. The molecule has 0 unspecified atom stereocenters. The summed E-state index contributed by atoms with van der Waals surface area (Å²) >= 11 is 5.90. The van der Waals surface area contributed by atoms with Crippen LogP contribution < -0.4 is 10.9 Å². The van der Waals surface area contributed by atoms with Crippen LogP contribution in [-0.4, -0.2) is 16.8 Å². The summed E-state index contributed by atoms with van der Waals surface area (Å²) < 4.78 is 0. The number of hydrazine groups is 1. The lowest BCUT2D eigenvalue weighted by atomic mass is 10.1. The van der Waals surface area contributed by atoms with Crippen molar-refractivity contribution in [1.29, 1.82) is 0 Å². The number of carbonyl (C=O) groups is 2. The van der Waals surface area contributed by atoms with Gasteiger partial charge in [-0.2, -0.15) is 0 Å². The highest BCUT2D eigenvalue weighted by Crippen LogP contribution is 2.14. The summed E-state index contributed by atoms with van der Waals surface area (Å²) in [6.07, 6.45) is 4.19. The van der Waals surface area contributed by atoms with Gasteiger partial charge in [-0.05, 0) is 30.2 Å². The zero-order valence-corrected chi connectivity index (χ0v) is 11.9. The van der Waals surface area contributed by atoms with Crippen LogP contribution in [0.4, 0.5) is 0 Å². The van der Waals surface area contributed by atoms with Gasteiger partial charge < -0.3 is 0 Å². The van der Waals surface area contributed by atoms with Gasteiger partial charge in [-0.15, -0.1) is 0 Å². The topological polar surface area (TPSA) is 71.1 Å². The average Bonchev–Trinajstić information content (AvgIpc) is 2.52. The minimum atomic E-state index is -0.449. The summed E-state index contributed by atoms with van der Waals surface area (Å²) in [5.74, 6) is -0.727. The van der Waals surface area contributed by atoms with E-state index in [2.05, 4.69) is 15.8 Å².